The highest BCUT2D eigenvalue weighted by Crippen LogP contribution is 2.29. The van der Waals surface area contributed by atoms with Gasteiger partial charge in [0.1, 0.15) is 6.61 Å². The van der Waals surface area contributed by atoms with Crippen molar-refractivity contribution in [1.82, 2.24) is 4.90 Å². The summed E-state index contributed by atoms with van der Waals surface area (Å²) in [5, 5.41) is 3.08. The van der Waals surface area contributed by atoms with E-state index in [-0.39, 0.29) is 11.9 Å². The molecule has 1 fully saturated rings. The third-order valence-corrected chi connectivity index (χ3v) is 7.89. The van der Waals surface area contributed by atoms with Gasteiger partial charge in [-0.3, -0.25) is 9.69 Å². The molecule has 212 valence electrons. The third kappa shape index (κ3) is 7.22. The quantitative estimate of drug-likeness (QED) is 0.122. The molecule has 1 saturated heterocycles. The number of hydrogen-bond donors (Lipinski definition) is 1. The van der Waals surface area contributed by atoms with Gasteiger partial charge >= 0.3 is 0 Å². The first kappa shape index (κ1) is 28.6. The fraction of sp³-hybridized carbons (Fsp3) is 0.286. The summed E-state index contributed by atoms with van der Waals surface area (Å²) in [5.41, 5.74) is 5.81. The molecule has 0 aliphatic carbocycles. The molecule has 4 aromatic rings. The van der Waals surface area contributed by atoms with E-state index in [2.05, 4.69) is 58.6 Å². The van der Waals surface area contributed by atoms with Crippen molar-refractivity contribution >= 4 is 17.3 Å². The maximum absolute atomic E-state index is 13.2. The summed E-state index contributed by atoms with van der Waals surface area (Å²) in [7, 11) is 2.20. The number of benzene rings is 4. The smallest absolute Gasteiger partial charge is 0.256 e. The fourth-order valence-electron chi connectivity index (χ4n) is 5.61. The van der Waals surface area contributed by atoms with E-state index in [0.29, 0.717) is 24.8 Å². The number of anilines is 2. The van der Waals surface area contributed by atoms with Crippen LogP contribution < -0.4 is 10.2 Å². The van der Waals surface area contributed by atoms with Gasteiger partial charge in [0.15, 0.2) is 0 Å². The predicted octanol–water partition coefficient (Wildman–Crippen LogP) is 7.22. The number of likely N-dealkylation sites (N-methyl/N-ethyl adjacent to an activating group) is 1. The van der Waals surface area contributed by atoms with Crippen molar-refractivity contribution in [1.29, 1.82) is 0 Å². The van der Waals surface area contributed by atoms with Gasteiger partial charge in [0.2, 0.25) is 0 Å². The molecule has 1 amide bonds. The van der Waals surface area contributed by atoms with Gasteiger partial charge in [0.25, 0.3) is 5.91 Å². The number of amides is 1. The number of carbonyl (C=O) groups excluding carboxylic acids is 1. The molecule has 1 atom stereocenters. The zero-order chi connectivity index (χ0) is 28.4. The number of carbonyl (C=O) groups is 1. The van der Waals surface area contributed by atoms with Crippen molar-refractivity contribution in [2.75, 3.05) is 43.6 Å². The minimum absolute atomic E-state index is 0.109. The predicted molar refractivity (Wildman–Crippen MR) is 166 cm³/mol. The first-order chi connectivity index (χ1) is 20.1. The molecule has 41 heavy (non-hydrogen) atoms. The lowest BCUT2D eigenvalue weighted by molar-refractivity contribution is -0.299. The molecule has 1 N–H and O–H groups in total. The van der Waals surface area contributed by atoms with Crippen LogP contribution in [0.2, 0.25) is 0 Å². The Kier molecular flexibility index (Phi) is 9.81. The minimum atomic E-state index is -0.109. The Labute approximate surface area is 243 Å². The van der Waals surface area contributed by atoms with Gasteiger partial charge in [-0.1, -0.05) is 78.9 Å². The van der Waals surface area contributed by atoms with Crippen molar-refractivity contribution in [2.45, 2.75) is 31.8 Å². The Balaban J connectivity index is 1.19. The van der Waals surface area contributed by atoms with Crippen LogP contribution in [-0.2, 0) is 9.78 Å². The highest BCUT2D eigenvalue weighted by atomic mass is 17.2. The topological polar surface area (TPSA) is 54.0 Å². The number of hydrogen-bond acceptors (Lipinski definition) is 5. The van der Waals surface area contributed by atoms with Gasteiger partial charge in [-0.25, -0.2) is 9.78 Å². The van der Waals surface area contributed by atoms with Crippen molar-refractivity contribution in [3.8, 4) is 11.1 Å². The number of piperidine rings is 1. The van der Waals surface area contributed by atoms with Gasteiger partial charge in [0, 0.05) is 36.1 Å². The maximum Gasteiger partial charge on any atom is 0.256 e. The SMILES string of the molecule is CCOOCC(c1ccccc1)N(C)C1CCN(c2ccc(NC(=O)c3ccccc3-c3ccccc3)cc2)CC1. The second-order valence-corrected chi connectivity index (χ2v) is 10.4. The van der Waals surface area contributed by atoms with Crippen molar-refractivity contribution in [3.05, 3.63) is 120 Å². The molecular weight excluding hydrogens is 510 g/mol. The normalized spacial score (nSPS) is 14.7. The molecule has 1 aliphatic heterocycles. The Morgan fingerprint density at radius 1 is 0.854 bits per heavy atom. The Hall–Kier alpha value is -3.97. The van der Waals surface area contributed by atoms with E-state index in [0.717, 1.165) is 42.7 Å². The average Bonchev–Trinajstić information content (AvgIpc) is 3.04. The first-order valence-electron chi connectivity index (χ1n) is 14.5. The summed E-state index contributed by atoms with van der Waals surface area (Å²) >= 11 is 0. The molecule has 4 aromatic carbocycles. The van der Waals surface area contributed by atoms with Crippen LogP contribution in [0.25, 0.3) is 11.1 Å². The Morgan fingerprint density at radius 2 is 1.49 bits per heavy atom. The van der Waals surface area contributed by atoms with Crippen LogP contribution in [-0.4, -0.2) is 50.2 Å². The molecule has 0 spiro atoms. The van der Waals surface area contributed by atoms with Crippen LogP contribution in [0, 0.1) is 0 Å². The number of nitrogens with one attached hydrogen (secondary N) is 1. The number of nitrogens with zero attached hydrogens (tertiary/aromatic N) is 2. The third-order valence-electron chi connectivity index (χ3n) is 7.89. The summed E-state index contributed by atoms with van der Waals surface area (Å²) < 4.78 is 0. The second-order valence-electron chi connectivity index (χ2n) is 10.4. The van der Waals surface area contributed by atoms with Gasteiger partial charge in [-0.05, 0) is 73.8 Å². The Morgan fingerprint density at radius 3 is 2.17 bits per heavy atom. The molecule has 1 heterocycles. The van der Waals surface area contributed by atoms with Gasteiger partial charge in [0.05, 0.1) is 12.6 Å². The Bertz CT molecular complexity index is 1370. The van der Waals surface area contributed by atoms with E-state index in [9.17, 15) is 4.79 Å². The molecule has 1 aliphatic rings. The van der Waals surface area contributed by atoms with Crippen molar-refractivity contribution in [2.24, 2.45) is 0 Å². The lowest BCUT2D eigenvalue weighted by Crippen LogP contribution is -2.45. The average molecular weight is 550 g/mol. The first-order valence-corrected chi connectivity index (χ1v) is 14.5. The highest BCUT2D eigenvalue weighted by molar-refractivity contribution is 6.08. The summed E-state index contributed by atoms with van der Waals surface area (Å²) in [6.07, 6.45) is 2.12. The van der Waals surface area contributed by atoms with Gasteiger partial charge in [-0.15, -0.1) is 0 Å². The second kappa shape index (κ2) is 14.1. The molecule has 0 aromatic heterocycles. The highest BCUT2D eigenvalue weighted by Gasteiger charge is 2.28. The van der Waals surface area contributed by atoms with Crippen LogP contribution in [0.5, 0.6) is 0 Å². The number of rotatable bonds is 11. The van der Waals surface area contributed by atoms with Crippen LogP contribution in [0.1, 0.15) is 41.7 Å². The zero-order valence-electron chi connectivity index (χ0n) is 23.9. The molecular formula is C35H39N3O3. The summed E-state index contributed by atoms with van der Waals surface area (Å²) in [6.45, 7) is 4.91. The summed E-state index contributed by atoms with van der Waals surface area (Å²) in [5.74, 6) is -0.109. The molecule has 0 bridgehead atoms. The standard InChI is InChI=1S/C35H39N3O3/c1-3-40-41-26-34(28-14-8-5-9-15-28)37(2)30-22-24-38(25-23-30)31-20-18-29(19-21-31)36-35(39)33-17-11-10-16-32(33)27-12-6-4-7-13-27/h4-21,30,34H,3,22-26H2,1-2H3,(H,36,39). The van der Waals surface area contributed by atoms with E-state index in [1.807, 2.05) is 79.7 Å². The zero-order valence-corrected chi connectivity index (χ0v) is 23.9. The molecule has 1 unspecified atom stereocenters. The molecule has 5 rings (SSSR count). The summed E-state index contributed by atoms with van der Waals surface area (Å²) in [4.78, 5) is 28.8. The van der Waals surface area contributed by atoms with Crippen LogP contribution >= 0.6 is 0 Å². The molecule has 0 radical (unpaired) electrons. The minimum Gasteiger partial charge on any atom is -0.371 e. The van der Waals surface area contributed by atoms with Crippen molar-refractivity contribution < 1.29 is 14.6 Å². The van der Waals surface area contributed by atoms with E-state index in [1.54, 1.807) is 0 Å². The molecule has 6 heteroatoms. The van der Waals surface area contributed by atoms with E-state index in [4.69, 9.17) is 9.78 Å². The largest absolute Gasteiger partial charge is 0.371 e. The lowest BCUT2D eigenvalue weighted by Gasteiger charge is -2.41. The van der Waals surface area contributed by atoms with E-state index in [1.165, 1.54) is 11.3 Å². The van der Waals surface area contributed by atoms with Gasteiger partial charge < -0.3 is 10.2 Å². The molecule has 6 nitrogen and oxygen atoms in total. The van der Waals surface area contributed by atoms with Crippen LogP contribution in [0.4, 0.5) is 11.4 Å². The van der Waals surface area contributed by atoms with E-state index < -0.39 is 0 Å². The van der Waals surface area contributed by atoms with Crippen LogP contribution in [0.3, 0.4) is 0 Å². The van der Waals surface area contributed by atoms with Gasteiger partial charge in [-0.2, -0.15) is 0 Å². The monoisotopic (exact) mass is 549 g/mol. The maximum atomic E-state index is 13.2. The van der Waals surface area contributed by atoms with Crippen molar-refractivity contribution in [3.63, 3.8) is 0 Å². The van der Waals surface area contributed by atoms with Crippen LogP contribution in [0.15, 0.2) is 109 Å². The summed E-state index contributed by atoms with van der Waals surface area (Å²) in [6, 6.07) is 37.0. The van der Waals surface area contributed by atoms with E-state index >= 15 is 0 Å². The lowest BCUT2D eigenvalue weighted by atomic mass is 9.98. The molecule has 0 saturated carbocycles. The fourth-order valence-corrected chi connectivity index (χ4v) is 5.61.